The molecule has 0 radical (unpaired) electrons. The van der Waals surface area contributed by atoms with E-state index in [0.29, 0.717) is 5.92 Å². The molecule has 18 heavy (non-hydrogen) atoms. The first-order chi connectivity index (χ1) is 8.62. The van der Waals surface area contributed by atoms with E-state index in [2.05, 4.69) is 13.8 Å². The molecule has 1 fully saturated rings. The van der Waals surface area contributed by atoms with E-state index in [1.807, 2.05) is 0 Å². The molecule has 3 unspecified atom stereocenters. The molecular weight excluding hydrogens is 224 g/mol. The highest BCUT2D eigenvalue weighted by Crippen LogP contribution is 2.37. The van der Waals surface area contributed by atoms with Gasteiger partial charge in [-0.2, -0.15) is 0 Å². The number of unbranched alkanes of at least 4 members (excludes halogenated alkanes) is 1. The molecule has 0 aliphatic heterocycles. The zero-order valence-electron chi connectivity index (χ0n) is 12.3. The SMILES string of the molecule is CCCCC(CCC)C1(O)CCCCC(O)CC1. The third-order valence-electron chi connectivity index (χ3n) is 4.61. The minimum absolute atomic E-state index is 0.190. The van der Waals surface area contributed by atoms with Crippen LogP contribution in [0, 0.1) is 5.92 Å². The highest BCUT2D eigenvalue weighted by Gasteiger charge is 2.36. The molecule has 0 aromatic rings. The van der Waals surface area contributed by atoms with Crippen molar-refractivity contribution in [3.63, 3.8) is 0 Å². The summed E-state index contributed by atoms with van der Waals surface area (Å²) in [6, 6.07) is 0. The molecule has 0 spiro atoms. The van der Waals surface area contributed by atoms with E-state index >= 15 is 0 Å². The molecule has 0 bridgehead atoms. The summed E-state index contributed by atoms with van der Waals surface area (Å²) >= 11 is 0. The molecule has 108 valence electrons. The summed E-state index contributed by atoms with van der Waals surface area (Å²) in [6.45, 7) is 4.43. The van der Waals surface area contributed by atoms with Crippen LogP contribution in [-0.2, 0) is 0 Å². The Kier molecular flexibility index (Phi) is 7.25. The van der Waals surface area contributed by atoms with Crippen molar-refractivity contribution in [2.24, 2.45) is 5.92 Å². The Hall–Kier alpha value is -0.0800. The summed E-state index contributed by atoms with van der Waals surface area (Å²) in [4.78, 5) is 0. The van der Waals surface area contributed by atoms with Gasteiger partial charge in [0.1, 0.15) is 0 Å². The van der Waals surface area contributed by atoms with Crippen molar-refractivity contribution in [3.8, 4) is 0 Å². The lowest BCUT2D eigenvalue weighted by atomic mass is 9.73. The molecule has 0 saturated heterocycles. The van der Waals surface area contributed by atoms with E-state index in [4.69, 9.17) is 0 Å². The van der Waals surface area contributed by atoms with Crippen LogP contribution in [0.2, 0.25) is 0 Å². The zero-order valence-corrected chi connectivity index (χ0v) is 12.3. The van der Waals surface area contributed by atoms with Crippen molar-refractivity contribution in [2.45, 2.75) is 96.2 Å². The van der Waals surface area contributed by atoms with Gasteiger partial charge in [0.05, 0.1) is 11.7 Å². The average Bonchev–Trinajstić information content (AvgIpc) is 2.35. The van der Waals surface area contributed by atoms with Crippen LogP contribution < -0.4 is 0 Å². The van der Waals surface area contributed by atoms with Crippen LogP contribution in [0.5, 0.6) is 0 Å². The Morgan fingerprint density at radius 2 is 1.83 bits per heavy atom. The predicted molar refractivity (Wildman–Crippen MR) is 76.6 cm³/mol. The Balaban J connectivity index is 2.63. The standard InChI is InChI=1S/C16H32O2/c1-3-5-9-14(8-4-2)16(18)12-7-6-10-15(17)11-13-16/h14-15,17-18H,3-13H2,1-2H3. The van der Waals surface area contributed by atoms with Crippen molar-refractivity contribution in [1.29, 1.82) is 0 Å². The van der Waals surface area contributed by atoms with Gasteiger partial charge in [-0.15, -0.1) is 0 Å². The minimum atomic E-state index is -0.507. The predicted octanol–water partition coefficient (Wildman–Crippen LogP) is 4.04. The Bertz CT molecular complexity index is 217. The van der Waals surface area contributed by atoms with E-state index in [1.165, 1.54) is 12.8 Å². The second kappa shape index (κ2) is 8.16. The Labute approximate surface area is 113 Å². The van der Waals surface area contributed by atoms with Crippen LogP contribution in [0.4, 0.5) is 0 Å². The Morgan fingerprint density at radius 1 is 1.06 bits per heavy atom. The molecule has 0 aromatic carbocycles. The largest absolute Gasteiger partial charge is 0.393 e. The fourth-order valence-electron chi connectivity index (χ4n) is 3.39. The maximum atomic E-state index is 11.0. The zero-order chi connectivity index (χ0) is 13.4. The van der Waals surface area contributed by atoms with Crippen molar-refractivity contribution >= 4 is 0 Å². The highest BCUT2D eigenvalue weighted by atomic mass is 16.3. The first-order valence-electron chi connectivity index (χ1n) is 8.02. The van der Waals surface area contributed by atoms with Gasteiger partial charge in [-0.1, -0.05) is 46.0 Å². The van der Waals surface area contributed by atoms with Crippen molar-refractivity contribution in [2.75, 3.05) is 0 Å². The van der Waals surface area contributed by atoms with Crippen molar-refractivity contribution in [3.05, 3.63) is 0 Å². The number of aliphatic hydroxyl groups excluding tert-OH is 1. The van der Waals surface area contributed by atoms with E-state index in [0.717, 1.165) is 57.8 Å². The molecule has 2 heteroatoms. The Morgan fingerprint density at radius 3 is 2.50 bits per heavy atom. The number of aliphatic hydroxyl groups is 2. The van der Waals surface area contributed by atoms with Gasteiger partial charge in [-0.25, -0.2) is 0 Å². The lowest BCUT2D eigenvalue weighted by Gasteiger charge is -2.39. The fraction of sp³-hybridized carbons (Fsp3) is 1.00. The normalized spacial score (nSPS) is 31.7. The molecule has 0 amide bonds. The molecule has 0 heterocycles. The van der Waals surface area contributed by atoms with E-state index in [9.17, 15) is 10.2 Å². The summed E-state index contributed by atoms with van der Waals surface area (Å²) in [5, 5.41) is 20.8. The number of hydrogen-bond acceptors (Lipinski definition) is 2. The van der Waals surface area contributed by atoms with E-state index in [-0.39, 0.29) is 6.10 Å². The second-order valence-corrected chi connectivity index (χ2v) is 6.17. The van der Waals surface area contributed by atoms with E-state index in [1.54, 1.807) is 0 Å². The lowest BCUT2D eigenvalue weighted by Crippen LogP contribution is -2.40. The molecule has 3 atom stereocenters. The summed E-state index contributed by atoms with van der Waals surface area (Å²) in [7, 11) is 0. The first-order valence-corrected chi connectivity index (χ1v) is 8.02. The van der Waals surface area contributed by atoms with Crippen molar-refractivity contribution in [1.82, 2.24) is 0 Å². The van der Waals surface area contributed by atoms with Gasteiger partial charge in [0.25, 0.3) is 0 Å². The summed E-state index contributed by atoms with van der Waals surface area (Å²) in [6.07, 6.45) is 11.2. The second-order valence-electron chi connectivity index (χ2n) is 6.17. The average molecular weight is 256 g/mol. The summed E-state index contributed by atoms with van der Waals surface area (Å²) in [5.74, 6) is 0.438. The maximum absolute atomic E-state index is 11.0. The van der Waals surface area contributed by atoms with Gasteiger partial charge in [0, 0.05) is 0 Å². The van der Waals surface area contributed by atoms with Crippen molar-refractivity contribution < 1.29 is 10.2 Å². The van der Waals surface area contributed by atoms with Crippen LogP contribution in [0.3, 0.4) is 0 Å². The van der Waals surface area contributed by atoms with Crippen LogP contribution >= 0.6 is 0 Å². The highest BCUT2D eigenvalue weighted by molar-refractivity contribution is 4.88. The van der Waals surface area contributed by atoms with Gasteiger partial charge in [-0.05, 0) is 44.4 Å². The smallest absolute Gasteiger partial charge is 0.0676 e. The first kappa shape index (κ1) is 16.0. The third-order valence-corrected chi connectivity index (χ3v) is 4.61. The lowest BCUT2D eigenvalue weighted by molar-refractivity contribution is -0.0582. The van der Waals surface area contributed by atoms with Crippen LogP contribution in [-0.4, -0.2) is 21.9 Å². The topological polar surface area (TPSA) is 40.5 Å². The van der Waals surface area contributed by atoms with Crippen LogP contribution in [0.15, 0.2) is 0 Å². The van der Waals surface area contributed by atoms with Gasteiger partial charge < -0.3 is 10.2 Å². The van der Waals surface area contributed by atoms with Gasteiger partial charge in [-0.3, -0.25) is 0 Å². The third kappa shape index (κ3) is 4.89. The van der Waals surface area contributed by atoms with Gasteiger partial charge >= 0.3 is 0 Å². The molecule has 0 aromatic heterocycles. The number of hydrogen-bond donors (Lipinski definition) is 2. The summed E-state index contributed by atoms with van der Waals surface area (Å²) < 4.78 is 0. The molecule has 1 rings (SSSR count). The van der Waals surface area contributed by atoms with Gasteiger partial charge in [0.2, 0.25) is 0 Å². The molecule has 1 saturated carbocycles. The molecular formula is C16H32O2. The summed E-state index contributed by atoms with van der Waals surface area (Å²) in [5.41, 5.74) is -0.507. The molecule has 2 N–H and O–H groups in total. The van der Waals surface area contributed by atoms with Gasteiger partial charge in [0.15, 0.2) is 0 Å². The van der Waals surface area contributed by atoms with E-state index < -0.39 is 5.60 Å². The molecule has 1 aliphatic rings. The fourth-order valence-corrected chi connectivity index (χ4v) is 3.39. The quantitative estimate of drug-likeness (QED) is 0.753. The monoisotopic (exact) mass is 256 g/mol. The molecule has 2 nitrogen and oxygen atoms in total. The maximum Gasteiger partial charge on any atom is 0.0676 e. The number of rotatable bonds is 6. The molecule has 1 aliphatic carbocycles. The minimum Gasteiger partial charge on any atom is -0.393 e. The van der Waals surface area contributed by atoms with Crippen LogP contribution in [0.1, 0.15) is 84.5 Å². The van der Waals surface area contributed by atoms with Crippen LogP contribution in [0.25, 0.3) is 0 Å².